The fourth-order valence-electron chi connectivity index (χ4n) is 3.54. The van der Waals surface area contributed by atoms with Crippen LogP contribution >= 0.6 is 12.2 Å². The first kappa shape index (κ1) is 23.3. The van der Waals surface area contributed by atoms with Gasteiger partial charge in [-0.2, -0.15) is 14.9 Å². The molecule has 0 radical (unpaired) electrons. The van der Waals surface area contributed by atoms with E-state index >= 15 is 0 Å². The van der Waals surface area contributed by atoms with Crippen molar-refractivity contribution in [2.24, 2.45) is 5.10 Å². The predicted molar refractivity (Wildman–Crippen MR) is 144 cm³/mol. The molecule has 178 valence electrons. The van der Waals surface area contributed by atoms with Crippen molar-refractivity contribution in [1.29, 1.82) is 0 Å². The van der Waals surface area contributed by atoms with E-state index in [2.05, 4.69) is 15.3 Å². The van der Waals surface area contributed by atoms with Crippen LogP contribution in [0.5, 0.6) is 11.5 Å². The van der Waals surface area contributed by atoms with Crippen LogP contribution in [-0.2, 0) is 13.2 Å². The van der Waals surface area contributed by atoms with E-state index in [1.165, 1.54) is 0 Å². The number of nitrogens with one attached hydrogen (secondary N) is 1. The van der Waals surface area contributed by atoms with Crippen LogP contribution in [-0.4, -0.2) is 21.1 Å². The second-order valence-electron chi connectivity index (χ2n) is 8.05. The predicted octanol–water partition coefficient (Wildman–Crippen LogP) is 6.65. The summed E-state index contributed by atoms with van der Waals surface area (Å²) in [5.74, 6) is 2.20. The van der Waals surface area contributed by atoms with Crippen LogP contribution in [0, 0.1) is 4.77 Å². The van der Waals surface area contributed by atoms with Crippen LogP contribution in [0.1, 0.15) is 16.7 Å². The van der Waals surface area contributed by atoms with E-state index in [1.54, 1.807) is 10.9 Å². The highest BCUT2D eigenvalue weighted by atomic mass is 32.1. The average molecular weight is 493 g/mol. The minimum atomic E-state index is 0.411. The number of hydrogen-bond acceptors (Lipinski definition) is 5. The highest BCUT2D eigenvalue weighted by Gasteiger charge is 2.08. The minimum Gasteiger partial charge on any atom is -0.489 e. The molecule has 1 N–H and O–H groups in total. The summed E-state index contributed by atoms with van der Waals surface area (Å²) in [6.45, 7) is 1.04. The standard InChI is InChI=1S/C29H24N4O2S/c36-29-32-31-28(25-13-17-27(18-14-25)35-21-24-9-5-2-6-10-24)33(29)30-19-22-11-15-26(16-12-22)34-20-23-7-3-1-4-8-23/h1-19H,20-21H2,(H,32,36)/b30-19+. The Morgan fingerprint density at radius 1 is 0.722 bits per heavy atom. The number of hydrogen-bond donors (Lipinski definition) is 1. The van der Waals surface area contributed by atoms with Crippen LogP contribution in [0.15, 0.2) is 114 Å². The molecule has 0 aliphatic heterocycles. The van der Waals surface area contributed by atoms with Gasteiger partial charge in [0, 0.05) is 5.56 Å². The summed E-state index contributed by atoms with van der Waals surface area (Å²) in [5, 5.41) is 11.7. The lowest BCUT2D eigenvalue weighted by molar-refractivity contribution is 0.306. The summed E-state index contributed by atoms with van der Waals surface area (Å²) in [6.07, 6.45) is 1.74. The SMILES string of the molecule is S=c1[nH]nc(-c2ccc(OCc3ccccc3)cc2)n1/N=C/c1ccc(OCc2ccccc2)cc1. The lowest BCUT2D eigenvalue weighted by Gasteiger charge is -2.07. The topological polar surface area (TPSA) is 64.4 Å². The van der Waals surface area contributed by atoms with Crippen molar-refractivity contribution in [3.05, 3.63) is 131 Å². The summed E-state index contributed by atoms with van der Waals surface area (Å²) in [7, 11) is 0. The van der Waals surface area contributed by atoms with Gasteiger partial charge in [-0.15, -0.1) is 0 Å². The summed E-state index contributed by atoms with van der Waals surface area (Å²) in [6, 6.07) is 35.6. The van der Waals surface area contributed by atoms with Crippen LogP contribution in [0.3, 0.4) is 0 Å². The van der Waals surface area contributed by atoms with Gasteiger partial charge >= 0.3 is 0 Å². The van der Waals surface area contributed by atoms with Crippen LogP contribution in [0.25, 0.3) is 11.4 Å². The molecule has 4 aromatic carbocycles. The van der Waals surface area contributed by atoms with Crippen molar-refractivity contribution in [2.75, 3.05) is 0 Å². The molecular weight excluding hydrogens is 468 g/mol. The summed E-state index contributed by atoms with van der Waals surface area (Å²) < 4.78 is 13.8. The lowest BCUT2D eigenvalue weighted by Crippen LogP contribution is -1.97. The van der Waals surface area contributed by atoms with Gasteiger partial charge in [-0.25, -0.2) is 5.10 Å². The average Bonchev–Trinajstić information content (AvgIpc) is 3.31. The first-order valence-electron chi connectivity index (χ1n) is 11.5. The molecule has 0 saturated carbocycles. The molecular formula is C29H24N4O2S. The minimum absolute atomic E-state index is 0.411. The zero-order valence-corrected chi connectivity index (χ0v) is 20.3. The number of benzene rings is 4. The maximum atomic E-state index is 5.88. The van der Waals surface area contributed by atoms with Gasteiger partial charge in [0.2, 0.25) is 4.77 Å². The van der Waals surface area contributed by atoms with E-state index in [0.29, 0.717) is 23.8 Å². The van der Waals surface area contributed by atoms with E-state index in [4.69, 9.17) is 21.7 Å². The van der Waals surface area contributed by atoms with Crippen LogP contribution in [0.4, 0.5) is 0 Å². The molecule has 0 bridgehead atoms. The fraction of sp³-hybridized carbons (Fsp3) is 0.0690. The third-order valence-corrected chi connectivity index (χ3v) is 5.73. The van der Waals surface area contributed by atoms with Crippen molar-refractivity contribution < 1.29 is 9.47 Å². The lowest BCUT2D eigenvalue weighted by atomic mass is 10.2. The van der Waals surface area contributed by atoms with Gasteiger partial charge in [0.05, 0.1) is 6.21 Å². The Hall–Kier alpha value is -4.49. The zero-order valence-electron chi connectivity index (χ0n) is 19.5. The van der Waals surface area contributed by atoms with E-state index in [0.717, 1.165) is 33.8 Å². The Morgan fingerprint density at radius 3 is 1.81 bits per heavy atom. The molecule has 6 nitrogen and oxygen atoms in total. The van der Waals surface area contributed by atoms with Gasteiger partial charge in [0.15, 0.2) is 5.82 Å². The molecule has 36 heavy (non-hydrogen) atoms. The third kappa shape index (κ3) is 5.95. The first-order valence-corrected chi connectivity index (χ1v) is 11.9. The maximum absolute atomic E-state index is 5.88. The molecule has 5 aromatic rings. The van der Waals surface area contributed by atoms with E-state index in [-0.39, 0.29) is 0 Å². The molecule has 0 fully saturated rings. The van der Waals surface area contributed by atoms with E-state index in [9.17, 15) is 0 Å². The largest absolute Gasteiger partial charge is 0.489 e. The number of H-pyrrole nitrogens is 1. The Balaban J connectivity index is 1.24. The third-order valence-electron chi connectivity index (χ3n) is 5.46. The number of nitrogens with zero attached hydrogens (tertiary/aromatic N) is 3. The van der Waals surface area contributed by atoms with E-state index in [1.807, 2.05) is 109 Å². The second kappa shape index (κ2) is 11.3. The van der Waals surface area contributed by atoms with Gasteiger partial charge in [-0.05, 0) is 77.4 Å². The first-order chi connectivity index (χ1) is 17.7. The Morgan fingerprint density at radius 2 is 1.25 bits per heavy atom. The smallest absolute Gasteiger partial charge is 0.216 e. The number of rotatable bonds is 9. The van der Waals surface area contributed by atoms with Gasteiger partial charge < -0.3 is 9.47 Å². The van der Waals surface area contributed by atoms with Crippen molar-refractivity contribution in [3.8, 4) is 22.9 Å². The molecule has 0 spiro atoms. The van der Waals surface area contributed by atoms with Gasteiger partial charge in [0.1, 0.15) is 24.7 Å². The van der Waals surface area contributed by atoms with Crippen molar-refractivity contribution in [2.45, 2.75) is 13.2 Å². The molecule has 1 heterocycles. The van der Waals surface area contributed by atoms with Gasteiger partial charge in [0.25, 0.3) is 0 Å². The maximum Gasteiger partial charge on any atom is 0.216 e. The Bertz CT molecular complexity index is 1480. The monoisotopic (exact) mass is 492 g/mol. The molecule has 0 aliphatic carbocycles. The van der Waals surface area contributed by atoms with Gasteiger partial charge in [-0.1, -0.05) is 60.7 Å². The molecule has 0 unspecified atom stereocenters. The van der Waals surface area contributed by atoms with Crippen molar-refractivity contribution in [1.82, 2.24) is 14.9 Å². The quantitative estimate of drug-likeness (QED) is 0.185. The highest BCUT2D eigenvalue weighted by Crippen LogP contribution is 2.22. The number of aromatic nitrogens is 3. The molecule has 1 aromatic heterocycles. The normalized spacial score (nSPS) is 11.0. The zero-order chi connectivity index (χ0) is 24.6. The van der Waals surface area contributed by atoms with Crippen LogP contribution in [0.2, 0.25) is 0 Å². The summed E-state index contributed by atoms with van der Waals surface area (Å²) >= 11 is 5.40. The fourth-order valence-corrected chi connectivity index (χ4v) is 3.72. The Kier molecular flexibility index (Phi) is 7.30. The molecule has 0 amide bonds. The van der Waals surface area contributed by atoms with Crippen molar-refractivity contribution >= 4 is 18.4 Å². The van der Waals surface area contributed by atoms with Crippen molar-refractivity contribution in [3.63, 3.8) is 0 Å². The molecule has 5 rings (SSSR count). The summed E-state index contributed by atoms with van der Waals surface area (Å²) in [4.78, 5) is 0. The molecule has 7 heteroatoms. The molecule has 0 saturated heterocycles. The van der Waals surface area contributed by atoms with Crippen LogP contribution < -0.4 is 9.47 Å². The molecule has 0 atom stereocenters. The number of ether oxygens (including phenoxy) is 2. The highest BCUT2D eigenvalue weighted by molar-refractivity contribution is 7.71. The summed E-state index contributed by atoms with van der Waals surface area (Å²) in [5.41, 5.74) is 4.03. The number of aromatic amines is 1. The van der Waals surface area contributed by atoms with E-state index < -0.39 is 0 Å². The van der Waals surface area contributed by atoms with Gasteiger partial charge in [-0.3, -0.25) is 0 Å². The molecule has 0 aliphatic rings. The Labute approximate surface area is 214 Å². The second-order valence-corrected chi connectivity index (χ2v) is 8.44.